The maximum absolute atomic E-state index is 5.02. The zero-order valence-corrected chi connectivity index (χ0v) is 27.7. The second-order valence-electron chi connectivity index (χ2n) is 13.2. The molecule has 1 heterocycles. The monoisotopic (exact) mass is 649 g/mol. The molecule has 0 fully saturated rings. The number of hydrogen-bond donors (Lipinski definition) is 0. The van der Waals surface area contributed by atoms with Gasteiger partial charge in [0, 0.05) is 16.7 Å². The van der Waals surface area contributed by atoms with Crippen molar-refractivity contribution in [3.8, 4) is 56.4 Å². The molecule has 2 aliphatic carbocycles. The number of aromatic nitrogens is 3. The minimum absolute atomic E-state index is 0.473. The summed E-state index contributed by atoms with van der Waals surface area (Å²) in [7, 11) is 0. The lowest BCUT2D eigenvalue weighted by Crippen LogP contribution is -2.30. The highest BCUT2D eigenvalue weighted by atomic mass is 15.0. The molecule has 1 aromatic heterocycles. The summed E-state index contributed by atoms with van der Waals surface area (Å²) in [5.41, 5.74) is 14.9. The number of rotatable bonds is 4. The average Bonchev–Trinajstić information content (AvgIpc) is 3.42. The molecule has 0 amide bonds. The van der Waals surface area contributed by atoms with Crippen LogP contribution in [0.25, 0.3) is 68.6 Å². The summed E-state index contributed by atoms with van der Waals surface area (Å²) in [4.78, 5) is 14.9. The van der Waals surface area contributed by atoms with Crippen LogP contribution >= 0.6 is 0 Å². The molecule has 238 valence electrons. The van der Waals surface area contributed by atoms with Gasteiger partial charge >= 0.3 is 0 Å². The van der Waals surface area contributed by atoms with Gasteiger partial charge in [-0.05, 0) is 67.8 Å². The standard InChI is InChI=1S/C48H31N3/c1-3-15-34(16-4-1)45-49-46(35-17-5-2-6-18-35)51-47(50-45)38-20-13-19-36(30-38)37-29-28-33-27-26-32-14-7-10-23-41(32)48(44(33)31-37)42-24-11-8-21-39(42)40-22-9-12-25-43(40)48/h1-31H. The summed E-state index contributed by atoms with van der Waals surface area (Å²) in [5.74, 6) is 1.95. The van der Waals surface area contributed by atoms with Crippen molar-refractivity contribution in [2.24, 2.45) is 0 Å². The van der Waals surface area contributed by atoms with Crippen LogP contribution in [-0.2, 0) is 5.41 Å². The first-order valence-electron chi connectivity index (χ1n) is 17.4. The molecule has 51 heavy (non-hydrogen) atoms. The van der Waals surface area contributed by atoms with Crippen molar-refractivity contribution < 1.29 is 0 Å². The number of benzene rings is 7. The third-order valence-electron chi connectivity index (χ3n) is 10.4. The molecule has 0 bridgehead atoms. The Morgan fingerprint density at radius 3 is 1.37 bits per heavy atom. The average molecular weight is 650 g/mol. The van der Waals surface area contributed by atoms with Gasteiger partial charge in [0.2, 0.25) is 0 Å². The molecule has 1 spiro atoms. The van der Waals surface area contributed by atoms with Crippen LogP contribution in [0, 0.1) is 0 Å². The Morgan fingerprint density at radius 2 is 0.745 bits per heavy atom. The fourth-order valence-electron chi connectivity index (χ4n) is 8.11. The van der Waals surface area contributed by atoms with Crippen molar-refractivity contribution in [1.29, 1.82) is 0 Å². The zero-order chi connectivity index (χ0) is 33.8. The van der Waals surface area contributed by atoms with Crippen molar-refractivity contribution in [3.05, 3.63) is 209 Å². The third-order valence-corrected chi connectivity index (χ3v) is 10.4. The molecule has 0 atom stereocenters. The molecule has 0 saturated carbocycles. The Kier molecular flexibility index (Phi) is 6.71. The van der Waals surface area contributed by atoms with Crippen molar-refractivity contribution in [1.82, 2.24) is 15.0 Å². The van der Waals surface area contributed by atoms with Crippen LogP contribution in [0.4, 0.5) is 0 Å². The third kappa shape index (κ3) is 4.63. The molecule has 0 radical (unpaired) electrons. The Bertz CT molecular complexity index is 2540. The van der Waals surface area contributed by atoms with Gasteiger partial charge in [0.25, 0.3) is 0 Å². The predicted molar refractivity (Wildman–Crippen MR) is 208 cm³/mol. The molecule has 0 aliphatic heterocycles. The van der Waals surface area contributed by atoms with Gasteiger partial charge in [0.1, 0.15) is 0 Å². The van der Waals surface area contributed by atoms with Crippen LogP contribution in [0.15, 0.2) is 176 Å². The van der Waals surface area contributed by atoms with E-state index in [0.29, 0.717) is 17.5 Å². The molecular weight excluding hydrogens is 619 g/mol. The fraction of sp³-hybridized carbons (Fsp3) is 0.0208. The Morgan fingerprint density at radius 1 is 0.294 bits per heavy atom. The van der Waals surface area contributed by atoms with E-state index in [-0.39, 0.29) is 0 Å². The van der Waals surface area contributed by atoms with E-state index in [2.05, 4.69) is 127 Å². The van der Waals surface area contributed by atoms with Crippen LogP contribution in [0.5, 0.6) is 0 Å². The fourth-order valence-corrected chi connectivity index (χ4v) is 8.11. The first-order valence-corrected chi connectivity index (χ1v) is 17.4. The normalized spacial score (nSPS) is 13.2. The number of fused-ring (bicyclic) bond motifs is 9. The smallest absolute Gasteiger partial charge is 0.164 e. The summed E-state index contributed by atoms with van der Waals surface area (Å²) in [6.07, 6.45) is 4.57. The van der Waals surface area contributed by atoms with Gasteiger partial charge in [0.05, 0.1) is 5.41 Å². The number of nitrogens with zero attached hydrogens (tertiary/aromatic N) is 3. The lowest BCUT2D eigenvalue weighted by atomic mass is 9.65. The molecule has 0 saturated heterocycles. The summed E-state index contributed by atoms with van der Waals surface area (Å²) in [5, 5.41) is 0. The van der Waals surface area contributed by atoms with Gasteiger partial charge in [-0.15, -0.1) is 0 Å². The molecular formula is C48H31N3. The quantitative estimate of drug-likeness (QED) is 0.190. The van der Waals surface area contributed by atoms with E-state index in [4.69, 9.17) is 15.0 Å². The van der Waals surface area contributed by atoms with Crippen LogP contribution in [0.1, 0.15) is 33.4 Å². The van der Waals surface area contributed by atoms with E-state index < -0.39 is 5.41 Å². The minimum Gasteiger partial charge on any atom is -0.208 e. The summed E-state index contributed by atoms with van der Waals surface area (Å²) >= 11 is 0. The first-order chi connectivity index (χ1) is 25.3. The van der Waals surface area contributed by atoms with Gasteiger partial charge in [-0.2, -0.15) is 0 Å². The zero-order valence-electron chi connectivity index (χ0n) is 27.7. The van der Waals surface area contributed by atoms with Crippen LogP contribution < -0.4 is 0 Å². The SMILES string of the molecule is C1=Cc2ccc(-c3cccc(-c4nc(-c5ccccc5)nc(-c5ccccc5)n4)c3)cc2C2(c3ccccc31)c1ccccc1-c1ccccc12. The van der Waals surface area contributed by atoms with Crippen molar-refractivity contribution in [2.75, 3.05) is 0 Å². The molecule has 10 rings (SSSR count). The molecule has 0 unspecified atom stereocenters. The first kappa shape index (κ1) is 29.2. The highest BCUT2D eigenvalue weighted by Gasteiger charge is 2.48. The van der Waals surface area contributed by atoms with E-state index in [1.807, 2.05) is 60.7 Å². The van der Waals surface area contributed by atoms with Crippen molar-refractivity contribution >= 4 is 12.2 Å². The topological polar surface area (TPSA) is 38.7 Å². The maximum atomic E-state index is 5.02. The van der Waals surface area contributed by atoms with Gasteiger partial charge in [-0.1, -0.05) is 176 Å². The molecule has 3 nitrogen and oxygen atoms in total. The summed E-state index contributed by atoms with van der Waals surface area (Å²) in [6, 6.07) is 62.6. The Balaban J connectivity index is 1.17. The largest absolute Gasteiger partial charge is 0.208 e. The number of hydrogen-bond acceptors (Lipinski definition) is 3. The lowest BCUT2D eigenvalue weighted by molar-refractivity contribution is 0.766. The Hall–Kier alpha value is -6.71. The van der Waals surface area contributed by atoms with E-state index in [1.54, 1.807) is 0 Å². The minimum atomic E-state index is -0.473. The Labute approximate surface area is 297 Å². The molecule has 8 aromatic rings. The van der Waals surface area contributed by atoms with Gasteiger partial charge < -0.3 is 0 Å². The summed E-state index contributed by atoms with van der Waals surface area (Å²) in [6.45, 7) is 0. The van der Waals surface area contributed by atoms with E-state index in [1.165, 1.54) is 44.5 Å². The molecule has 2 aliphatic rings. The maximum Gasteiger partial charge on any atom is 0.164 e. The highest BCUT2D eigenvalue weighted by Crippen LogP contribution is 2.58. The van der Waals surface area contributed by atoms with E-state index in [0.717, 1.165) is 27.8 Å². The molecule has 0 N–H and O–H groups in total. The van der Waals surface area contributed by atoms with Gasteiger partial charge in [0.15, 0.2) is 17.5 Å². The second kappa shape index (κ2) is 11.7. The van der Waals surface area contributed by atoms with Gasteiger partial charge in [-0.25, -0.2) is 15.0 Å². The molecule has 7 aromatic carbocycles. The van der Waals surface area contributed by atoms with E-state index >= 15 is 0 Å². The molecule has 3 heteroatoms. The van der Waals surface area contributed by atoms with Gasteiger partial charge in [-0.3, -0.25) is 0 Å². The second-order valence-corrected chi connectivity index (χ2v) is 13.2. The van der Waals surface area contributed by atoms with Crippen molar-refractivity contribution in [3.63, 3.8) is 0 Å². The van der Waals surface area contributed by atoms with Crippen molar-refractivity contribution in [2.45, 2.75) is 5.41 Å². The summed E-state index contributed by atoms with van der Waals surface area (Å²) < 4.78 is 0. The predicted octanol–water partition coefficient (Wildman–Crippen LogP) is 11.4. The highest BCUT2D eigenvalue weighted by molar-refractivity contribution is 5.92. The van der Waals surface area contributed by atoms with Crippen LogP contribution in [0.3, 0.4) is 0 Å². The van der Waals surface area contributed by atoms with Crippen LogP contribution in [0.2, 0.25) is 0 Å². The van der Waals surface area contributed by atoms with E-state index in [9.17, 15) is 0 Å². The lowest BCUT2D eigenvalue weighted by Gasteiger charge is -2.35. The van der Waals surface area contributed by atoms with Crippen LogP contribution in [-0.4, -0.2) is 15.0 Å².